The molecule has 8 heteroatoms. The van der Waals surface area contributed by atoms with Gasteiger partial charge in [-0.05, 0) is 36.5 Å². The van der Waals surface area contributed by atoms with Crippen molar-refractivity contribution in [1.82, 2.24) is 15.1 Å². The first-order valence-electron chi connectivity index (χ1n) is 8.26. The predicted octanol–water partition coefficient (Wildman–Crippen LogP) is 4.53. The summed E-state index contributed by atoms with van der Waals surface area (Å²) in [6, 6.07) is 7.45. The maximum Gasteiger partial charge on any atom is 0.233 e. The molecule has 0 unspecified atom stereocenters. The highest BCUT2D eigenvalue weighted by molar-refractivity contribution is 8.01. The van der Waals surface area contributed by atoms with Crippen LogP contribution in [-0.4, -0.2) is 39.8 Å². The Labute approximate surface area is 161 Å². The Balaban J connectivity index is 1.52. The maximum atomic E-state index is 12.4. The van der Waals surface area contributed by atoms with E-state index in [1.807, 2.05) is 29.2 Å². The smallest absolute Gasteiger partial charge is 0.233 e. The number of aromatic nitrogens is 2. The maximum absolute atomic E-state index is 12.4. The van der Waals surface area contributed by atoms with Gasteiger partial charge in [-0.15, -0.1) is 10.2 Å². The van der Waals surface area contributed by atoms with Crippen LogP contribution in [0.2, 0.25) is 5.02 Å². The van der Waals surface area contributed by atoms with Crippen LogP contribution in [0.1, 0.15) is 20.3 Å². The standard InChI is InChI=1S/C17H21ClN4OS2/c1-11-6-12(2)9-22(8-11)15(23)10-24-17-21-20-16(25-17)19-14-5-3-4-13(18)7-14/h3-5,7,11-12H,6,8-10H2,1-2H3,(H,19,20)/t11-,12-/m0/s1. The molecule has 2 heterocycles. The van der Waals surface area contributed by atoms with Crippen molar-refractivity contribution in [1.29, 1.82) is 0 Å². The number of piperidine rings is 1. The number of hydrogen-bond acceptors (Lipinski definition) is 6. The van der Waals surface area contributed by atoms with Crippen molar-refractivity contribution in [2.75, 3.05) is 24.2 Å². The minimum atomic E-state index is 0.183. The molecular weight excluding hydrogens is 376 g/mol. The lowest BCUT2D eigenvalue weighted by Gasteiger charge is -2.34. The van der Waals surface area contributed by atoms with Crippen LogP contribution in [0, 0.1) is 11.8 Å². The lowest BCUT2D eigenvalue weighted by atomic mass is 9.92. The molecule has 134 valence electrons. The van der Waals surface area contributed by atoms with Crippen LogP contribution in [0.4, 0.5) is 10.8 Å². The van der Waals surface area contributed by atoms with E-state index >= 15 is 0 Å². The molecule has 0 bridgehead atoms. The quantitative estimate of drug-likeness (QED) is 0.752. The molecule has 0 aliphatic carbocycles. The Hall–Kier alpha value is -1.31. The monoisotopic (exact) mass is 396 g/mol. The Kier molecular flexibility index (Phi) is 6.19. The van der Waals surface area contributed by atoms with E-state index in [0.717, 1.165) is 23.1 Å². The Morgan fingerprint density at radius 3 is 2.84 bits per heavy atom. The summed E-state index contributed by atoms with van der Waals surface area (Å²) < 4.78 is 0.788. The van der Waals surface area contributed by atoms with E-state index in [1.54, 1.807) is 0 Å². The third-order valence-electron chi connectivity index (χ3n) is 4.02. The summed E-state index contributed by atoms with van der Waals surface area (Å²) >= 11 is 8.86. The normalized spacial score (nSPS) is 20.5. The molecule has 1 N–H and O–H groups in total. The molecule has 1 aromatic heterocycles. The predicted molar refractivity (Wildman–Crippen MR) is 105 cm³/mol. The average molecular weight is 397 g/mol. The number of likely N-dealkylation sites (tertiary alicyclic amines) is 1. The van der Waals surface area contributed by atoms with Gasteiger partial charge in [-0.1, -0.05) is 54.6 Å². The molecule has 0 radical (unpaired) electrons. The molecular formula is C17H21ClN4OS2. The van der Waals surface area contributed by atoms with E-state index in [2.05, 4.69) is 29.4 Å². The van der Waals surface area contributed by atoms with Gasteiger partial charge in [0.1, 0.15) is 0 Å². The minimum absolute atomic E-state index is 0.183. The third kappa shape index (κ3) is 5.33. The largest absolute Gasteiger partial charge is 0.341 e. The highest BCUT2D eigenvalue weighted by Gasteiger charge is 2.25. The molecule has 0 spiro atoms. The van der Waals surface area contributed by atoms with Crippen molar-refractivity contribution in [3.63, 3.8) is 0 Å². The van der Waals surface area contributed by atoms with E-state index in [-0.39, 0.29) is 5.91 Å². The lowest BCUT2D eigenvalue weighted by molar-refractivity contribution is -0.130. The van der Waals surface area contributed by atoms with Crippen LogP contribution in [0.5, 0.6) is 0 Å². The Morgan fingerprint density at radius 1 is 1.36 bits per heavy atom. The van der Waals surface area contributed by atoms with Crippen LogP contribution in [0.3, 0.4) is 0 Å². The zero-order valence-corrected chi connectivity index (χ0v) is 16.6. The summed E-state index contributed by atoms with van der Waals surface area (Å²) in [5, 5.41) is 12.8. The average Bonchev–Trinajstić information content (AvgIpc) is 2.99. The number of thioether (sulfide) groups is 1. The number of amides is 1. The van der Waals surface area contributed by atoms with Gasteiger partial charge in [-0.3, -0.25) is 4.79 Å². The summed E-state index contributed by atoms with van der Waals surface area (Å²) in [7, 11) is 0. The summed E-state index contributed by atoms with van der Waals surface area (Å²) in [4.78, 5) is 14.4. The molecule has 25 heavy (non-hydrogen) atoms. The first kappa shape index (κ1) is 18.5. The molecule has 1 aliphatic heterocycles. The van der Waals surface area contributed by atoms with Gasteiger partial charge >= 0.3 is 0 Å². The zero-order valence-electron chi connectivity index (χ0n) is 14.2. The highest BCUT2D eigenvalue weighted by atomic mass is 35.5. The molecule has 1 amide bonds. The highest BCUT2D eigenvalue weighted by Crippen LogP contribution is 2.29. The number of nitrogens with zero attached hydrogens (tertiary/aromatic N) is 3. The van der Waals surface area contributed by atoms with Crippen molar-refractivity contribution in [3.8, 4) is 0 Å². The van der Waals surface area contributed by atoms with Gasteiger partial charge in [0.15, 0.2) is 4.34 Å². The van der Waals surface area contributed by atoms with Crippen molar-refractivity contribution in [2.45, 2.75) is 24.6 Å². The molecule has 1 fully saturated rings. The van der Waals surface area contributed by atoms with Crippen LogP contribution in [-0.2, 0) is 4.79 Å². The molecule has 3 rings (SSSR count). The van der Waals surface area contributed by atoms with Gasteiger partial charge in [-0.2, -0.15) is 0 Å². The van der Waals surface area contributed by atoms with Gasteiger partial charge in [0.05, 0.1) is 5.75 Å². The van der Waals surface area contributed by atoms with E-state index in [0.29, 0.717) is 27.7 Å². The molecule has 1 aromatic carbocycles. The van der Waals surface area contributed by atoms with Crippen LogP contribution in [0.15, 0.2) is 28.6 Å². The summed E-state index contributed by atoms with van der Waals surface area (Å²) in [6.07, 6.45) is 1.20. The number of benzene rings is 1. The van der Waals surface area contributed by atoms with Crippen molar-refractivity contribution in [3.05, 3.63) is 29.3 Å². The van der Waals surface area contributed by atoms with Crippen LogP contribution >= 0.6 is 34.7 Å². The summed E-state index contributed by atoms with van der Waals surface area (Å²) in [5.41, 5.74) is 0.868. The first-order valence-corrected chi connectivity index (χ1v) is 10.4. The van der Waals surface area contributed by atoms with E-state index < -0.39 is 0 Å². The number of halogens is 1. The van der Waals surface area contributed by atoms with Gasteiger partial charge in [0.2, 0.25) is 11.0 Å². The molecule has 1 saturated heterocycles. The first-order chi connectivity index (χ1) is 12.0. The number of hydrogen-bond donors (Lipinski definition) is 1. The molecule has 2 aromatic rings. The number of carbonyl (C=O) groups is 1. The van der Waals surface area contributed by atoms with Crippen LogP contribution in [0.25, 0.3) is 0 Å². The van der Waals surface area contributed by atoms with Gasteiger partial charge in [0.25, 0.3) is 0 Å². The van der Waals surface area contributed by atoms with Gasteiger partial charge in [0, 0.05) is 23.8 Å². The second-order valence-electron chi connectivity index (χ2n) is 6.54. The number of nitrogens with one attached hydrogen (secondary N) is 1. The number of carbonyl (C=O) groups excluding carboxylic acids is 1. The Bertz CT molecular complexity index is 729. The second-order valence-corrected chi connectivity index (χ2v) is 9.18. The van der Waals surface area contributed by atoms with E-state index in [9.17, 15) is 4.79 Å². The van der Waals surface area contributed by atoms with Crippen LogP contribution < -0.4 is 5.32 Å². The molecule has 5 nitrogen and oxygen atoms in total. The fourth-order valence-corrected chi connectivity index (χ4v) is 4.95. The van der Waals surface area contributed by atoms with Crippen molar-refractivity contribution < 1.29 is 4.79 Å². The van der Waals surface area contributed by atoms with Crippen molar-refractivity contribution >= 4 is 51.4 Å². The topological polar surface area (TPSA) is 58.1 Å². The van der Waals surface area contributed by atoms with Gasteiger partial charge in [-0.25, -0.2) is 0 Å². The summed E-state index contributed by atoms with van der Waals surface area (Å²) in [6.45, 7) is 6.14. The third-order valence-corrected chi connectivity index (χ3v) is 6.21. The van der Waals surface area contributed by atoms with E-state index in [4.69, 9.17) is 11.6 Å². The fraction of sp³-hybridized carbons (Fsp3) is 0.471. The number of rotatable bonds is 5. The zero-order chi connectivity index (χ0) is 17.8. The van der Waals surface area contributed by atoms with Crippen molar-refractivity contribution in [2.24, 2.45) is 11.8 Å². The molecule has 2 atom stereocenters. The minimum Gasteiger partial charge on any atom is -0.341 e. The van der Waals surface area contributed by atoms with Gasteiger partial charge < -0.3 is 10.2 Å². The number of anilines is 2. The summed E-state index contributed by atoms with van der Waals surface area (Å²) in [5.74, 6) is 1.74. The Morgan fingerprint density at radius 2 is 2.12 bits per heavy atom. The molecule has 0 saturated carbocycles. The fourth-order valence-electron chi connectivity index (χ4n) is 3.09. The SMILES string of the molecule is C[C@H]1C[C@H](C)CN(C(=O)CSc2nnc(Nc3cccc(Cl)c3)s2)C1. The molecule has 1 aliphatic rings. The van der Waals surface area contributed by atoms with E-state index in [1.165, 1.54) is 29.5 Å². The second kappa shape index (κ2) is 8.38. The lowest BCUT2D eigenvalue weighted by Crippen LogP contribution is -2.43.